The van der Waals surface area contributed by atoms with Crippen LogP contribution in [0.5, 0.6) is 0 Å². The Hall–Kier alpha value is -1.36. The predicted molar refractivity (Wildman–Crippen MR) is 60.7 cm³/mol. The lowest BCUT2D eigenvalue weighted by molar-refractivity contribution is -0.121. The molecule has 0 saturated heterocycles. The second-order valence-electron chi connectivity index (χ2n) is 4.09. The van der Waals surface area contributed by atoms with Gasteiger partial charge >= 0.3 is 0 Å². The van der Waals surface area contributed by atoms with E-state index in [2.05, 4.69) is 29.5 Å². The molecule has 0 saturated carbocycles. The van der Waals surface area contributed by atoms with E-state index in [0.29, 0.717) is 25.4 Å². The van der Waals surface area contributed by atoms with Crippen LogP contribution in [0.1, 0.15) is 26.0 Å². The van der Waals surface area contributed by atoms with Crippen molar-refractivity contribution in [1.29, 1.82) is 0 Å². The van der Waals surface area contributed by atoms with E-state index in [1.165, 1.54) is 6.39 Å². The number of hydrogen-bond donors (Lipinski definition) is 2. The molecule has 5 nitrogen and oxygen atoms in total. The van der Waals surface area contributed by atoms with Crippen molar-refractivity contribution in [2.45, 2.75) is 26.8 Å². The lowest BCUT2D eigenvalue weighted by Gasteiger charge is -2.07. The summed E-state index contributed by atoms with van der Waals surface area (Å²) in [6.07, 6.45) is 3.54. The highest BCUT2D eigenvalue weighted by molar-refractivity contribution is 5.76. The third kappa shape index (κ3) is 5.50. The minimum absolute atomic E-state index is 0.0822. The zero-order valence-electron chi connectivity index (χ0n) is 9.82. The summed E-state index contributed by atoms with van der Waals surface area (Å²) in [5.74, 6) is 1.35. The van der Waals surface area contributed by atoms with Crippen molar-refractivity contribution in [3.8, 4) is 0 Å². The second kappa shape index (κ2) is 7.00. The van der Waals surface area contributed by atoms with Crippen LogP contribution in [0.15, 0.2) is 17.0 Å². The molecule has 0 unspecified atom stereocenters. The van der Waals surface area contributed by atoms with E-state index in [9.17, 15) is 4.79 Å². The molecule has 0 aliphatic heterocycles. The van der Waals surface area contributed by atoms with E-state index < -0.39 is 0 Å². The van der Waals surface area contributed by atoms with Crippen LogP contribution in [0, 0.1) is 5.92 Å². The minimum atomic E-state index is 0.0822. The zero-order valence-corrected chi connectivity index (χ0v) is 9.82. The van der Waals surface area contributed by atoms with Crippen LogP contribution < -0.4 is 10.6 Å². The first kappa shape index (κ1) is 12.7. The van der Waals surface area contributed by atoms with Gasteiger partial charge in [-0.05, 0) is 5.92 Å². The Morgan fingerprint density at radius 3 is 3.00 bits per heavy atom. The summed E-state index contributed by atoms with van der Waals surface area (Å²) in [4.78, 5) is 15.1. The van der Waals surface area contributed by atoms with Gasteiger partial charge in [0, 0.05) is 19.5 Å². The molecule has 16 heavy (non-hydrogen) atoms. The Labute approximate surface area is 95.6 Å². The van der Waals surface area contributed by atoms with Crippen LogP contribution in [0.3, 0.4) is 0 Å². The highest BCUT2D eigenvalue weighted by atomic mass is 16.3. The Balaban J connectivity index is 2.00. The molecular weight excluding hydrogens is 206 g/mol. The van der Waals surface area contributed by atoms with Gasteiger partial charge in [-0.15, -0.1) is 0 Å². The van der Waals surface area contributed by atoms with E-state index in [1.54, 1.807) is 6.20 Å². The van der Waals surface area contributed by atoms with Crippen LogP contribution >= 0.6 is 0 Å². The zero-order chi connectivity index (χ0) is 11.8. The van der Waals surface area contributed by atoms with Gasteiger partial charge in [-0.3, -0.25) is 4.79 Å². The first-order chi connectivity index (χ1) is 7.68. The number of carbonyl (C=O) groups excluding carboxylic acids is 1. The predicted octanol–water partition coefficient (Wildman–Crippen LogP) is 0.926. The molecule has 2 N–H and O–H groups in total. The van der Waals surface area contributed by atoms with E-state index in [1.807, 2.05) is 0 Å². The van der Waals surface area contributed by atoms with Crippen LogP contribution in [-0.2, 0) is 11.3 Å². The summed E-state index contributed by atoms with van der Waals surface area (Å²) in [5, 5.41) is 5.97. The number of aromatic nitrogens is 1. The van der Waals surface area contributed by atoms with Gasteiger partial charge in [-0.2, -0.15) is 0 Å². The van der Waals surface area contributed by atoms with Crippen LogP contribution in [0.4, 0.5) is 0 Å². The van der Waals surface area contributed by atoms with E-state index in [0.717, 1.165) is 12.3 Å². The van der Waals surface area contributed by atoms with Crippen molar-refractivity contribution in [3.05, 3.63) is 18.4 Å². The molecule has 1 amide bonds. The Morgan fingerprint density at radius 2 is 2.38 bits per heavy atom. The van der Waals surface area contributed by atoms with E-state index >= 15 is 0 Å². The maximum Gasteiger partial charge on any atom is 0.221 e. The topological polar surface area (TPSA) is 67.2 Å². The summed E-state index contributed by atoms with van der Waals surface area (Å²) in [6.45, 7) is 6.13. The average molecular weight is 225 g/mol. The molecule has 0 spiro atoms. The van der Waals surface area contributed by atoms with Gasteiger partial charge in [0.15, 0.2) is 6.39 Å². The second-order valence-corrected chi connectivity index (χ2v) is 4.09. The number of oxazole rings is 1. The van der Waals surface area contributed by atoms with Crippen molar-refractivity contribution >= 4 is 5.91 Å². The van der Waals surface area contributed by atoms with Crippen molar-refractivity contribution in [2.75, 3.05) is 13.1 Å². The Morgan fingerprint density at radius 1 is 1.56 bits per heavy atom. The minimum Gasteiger partial charge on any atom is -0.447 e. The number of hydrogen-bond acceptors (Lipinski definition) is 4. The maximum absolute atomic E-state index is 11.3. The smallest absolute Gasteiger partial charge is 0.221 e. The summed E-state index contributed by atoms with van der Waals surface area (Å²) in [6, 6.07) is 0. The van der Waals surface area contributed by atoms with Crippen molar-refractivity contribution in [1.82, 2.24) is 15.6 Å². The van der Waals surface area contributed by atoms with Gasteiger partial charge in [0.1, 0.15) is 5.76 Å². The van der Waals surface area contributed by atoms with Gasteiger partial charge < -0.3 is 15.1 Å². The SMILES string of the molecule is CC(C)CNC(=O)CCNCc1cnco1. The molecule has 0 aromatic carbocycles. The molecule has 90 valence electrons. The first-order valence-electron chi connectivity index (χ1n) is 5.53. The Bertz CT molecular complexity index is 296. The van der Waals surface area contributed by atoms with Gasteiger partial charge in [-0.25, -0.2) is 4.98 Å². The molecule has 0 radical (unpaired) electrons. The molecule has 0 fully saturated rings. The number of nitrogens with zero attached hydrogens (tertiary/aromatic N) is 1. The number of rotatable bonds is 7. The largest absolute Gasteiger partial charge is 0.447 e. The van der Waals surface area contributed by atoms with Gasteiger partial charge in [0.2, 0.25) is 5.91 Å². The molecule has 1 heterocycles. The lowest BCUT2D eigenvalue weighted by Crippen LogP contribution is -2.30. The maximum atomic E-state index is 11.3. The summed E-state index contributed by atoms with van der Waals surface area (Å²) in [5.41, 5.74) is 0. The number of carbonyl (C=O) groups is 1. The summed E-state index contributed by atoms with van der Waals surface area (Å²) >= 11 is 0. The molecule has 1 aromatic rings. The molecule has 0 bridgehead atoms. The average Bonchev–Trinajstić information content (AvgIpc) is 2.74. The third-order valence-electron chi connectivity index (χ3n) is 2.02. The fourth-order valence-corrected chi connectivity index (χ4v) is 1.15. The highest BCUT2D eigenvalue weighted by Crippen LogP contribution is 1.94. The molecule has 5 heteroatoms. The molecule has 0 aliphatic carbocycles. The number of amides is 1. The van der Waals surface area contributed by atoms with Crippen LogP contribution in [0.25, 0.3) is 0 Å². The van der Waals surface area contributed by atoms with Crippen molar-refractivity contribution in [2.24, 2.45) is 5.92 Å². The normalized spacial score (nSPS) is 10.7. The fraction of sp³-hybridized carbons (Fsp3) is 0.636. The summed E-state index contributed by atoms with van der Waals surface area (Å²) in [7, 11) is 0. The lowest BCUT2D eigenvalue weighted by atomic mass is 10.2. The first-order valence-corrected chi connectivity index (χ1v) is 5.53. The standard InChI is InChI=1S/C11H19N3O2/c1-9(2)5-14-11(15)3-4-12-6-10-7-13-8-16-10/h7-9,12H,3-6H2,1-2H3,(H,14,15). The van der Waals surface area contributed by atoms with Crippen LogP contribution in [0.2, 0.25) is 0 Å². The van der Waals surface area contributed by atoms with Crippen LogP contribution in [-0.4, -0.2) is 24.0 Å². The fourth-order valence-electron chi connectivity index (χ4n) is 1.15. The quantitative estimate of drug-likeness (QED) is 0.677. The monoisotopic (exact) mass is 225 g/mol. The molecular formula is C11H19N3O2. The molecule has 0 atom stereocenters. The molecule has 1 aromatic heterocycles. The van der Waals surface area contributed by atoms with Crippen molar-refractivity contribution in [3.63, 3.8) is 0 Å². The number of nitrogens with one attached hydrogen (secondary N) is 2. The van der Waals surface area contributed by atoms with Gasteiger partial charge in [0.05, 0.1) is 12.7 Å². The van der Waals surface area contributed by atoms with E-state index in [4.69, 9.17) is 4.42 Å². The third-order valence-corrected chi connectivity index (χ3v) is 2.02. The Kier molecular flexibility index (Phi) is 5.56. The molecule has 0 aliphatic rings. The van der Waals surface area contributed by atoms with Gasteiger partial charge in [0.25, 0.3) is 0 Å². The molecule has 1 rings (SSSR count). The summed E-state index contributed by atoms with van der Waals surface area (Å²) < 4.78 is 5.05. The van der Waals surface area contributed by atoms with Gasteiger partial charge in [-0.1, -0.05) is 13.8 Å². The highest BCUT2D eigenvalue weighted by Gasteiger charge is 2.02. The van der Waals surface area contributed by atoms with E-state index in [-0.39, 0.29) is 5.91 Å². The van der Waals surface area contributed by atoms with Crippen molar-refractivity contribution < 1.29 is 9.21 Å².